The van der Waals surface area contributed by atoms with Gasteiger partial charge in [0, 0.05) is 37.7 Å². The molecule has 28 heteroatoms. The predicted octanol–water partition coefficient (Wildman–Crippen LogP) is -6.72. The Morgan fingerprint density at radius 2 is 0.905 bits per heavy atom. The molecule has 6 heterocycles. The van der Waals surface area contributed by atoms with E-state index in [1.807, 2.05) is 13.8 Å². The molecule has 6 aliphatic heterocycles. The van der Waals surface area contributed by atoms with Crippen molar-refractivity contribution in [1.29, 1.82) is 0 Å². The van der Waals surface area contributed by atoms with E-state index < -0.39 is 173 Å². The number of carbonyl (C=O) groups is 4. The zero-order chi connectivity index (χ0) is 54.0. The van der Waals surface area contributed by atoms with Gasteiger partial charge in [0.2, 0.25) is 11.8 Å². The average Bonchev–Trinajstić information content (AvgIpc) is 3.38. The third kappa shape index (κ3) is 13.9. The molecule has 28 nitrogen and oxygen atoms in total. The topological polar surface area (TPSA) is 415 Å². The Morgan fingerprint density at radius 3 is 1.24 bits per heavy atom. The van der Waals surface area contributed by atoms with Crippen molar-refractivity contribution in [3.05, 3.63) is 24.3 Å². The number of nitrogens with zero attached hydrogens (tertiary/aromatic N) is 2. The van der Waals surface area contributed by atoms with Crippen molar-refractivity contribution >= 4 is 35.0 Å². The second kappa shape index (κ2) is 27.6. The minimum Gasteiger partial charge on any atom is -0.394 e. The van der Waals surface area contributed by atoms with E-state index in [4.69, 9.17) is 37.9 Å². The lowest BCUT2D eigenvalue weighted by atomic mass is 9.95. The Morgan fingerprint density at radius 1 is 0.541 bits per heavy atom. The van der Waals surface area contributed by atoms with Crippen LogP contribution in [-0.4, -0.2) is 260 Å². The van der Waals surface area contributed by atoms with Crippen LogP contribution in [0.2, 0.25) is 0 Å². The molecule has 74 heavy (non-hydrogen) atoms. The molecule has 0 aromatic heterocycles. The van der Waals surface area contributed by atoms with Crippen LogP contribution in [0.5, 0.6) is 0 Å². The zero-order valence-electron chi connectivity index (χ0n) is 40.9. The molecule has 20 atom stereocenters. The molecule has 4 amide bonds. The molecule has 0 aliphatic carbocycles. The van der Waals surface area contributed by atoms with Crippen molar-refractivity contribution in [3.63, 3.8) is 0 Å². The normalized spacial score (nSPS) is 38.6. The van der Waals surface area contributed by atoms with Crippen LogP contribution < -0.4 is 20.4 Å². The summed E-state index contributed by atoms with van der Waals surface area (Å²) in [7, 11) is 0. The van der Waals surface area contributed by atoms with E-state index in [9.17, 15) is 80.5 Å². The molecular formula is C46H72N4O24. The zero-order valence-corrected chi connectivity index (χ0v) is 40.9. The summed E-state index contributed by atoms with van der Waals surface area (Å²) in [5.74, 6) is -3.53. The summed E-state index contributed by atoms with van der Waals surface area (Å²) in [5.41, 5.74) is -0.106. The van der Waals surface area contributed by atoms with Gasteiger partial charge in [-0.3, -0.25) is 19.2 Å². The molecule has 0 unspecified atom stereocenters. The van der Waals surface area contributed by atoms with Gasteiger partial charge < -0.3 is 120 Å². The highest BCUT2D eigenvalue weighted by molar-refractivity contribution is 6.03. The molecule has 0 radical (unpaired) electrons. The molecule has 1 aromatic carbocycles. The van der Waals surface area contributed by atoms with E-state index in [0.29, 0.717) is 25.7 Å². The molecular weight excluding hydrogens is 993 g/mol. The van der Waals surface area contributed by atoms with Gasteiger partial charge in [-0.15, -0.1) is 0 Å². The molecule has 1 aromatic rings. The Bertz CT molecular complexity index is 1820. The van der Waals surface area contributed by atoms with Crippen LogP contribution in [0.4, 0.5) is 11.4 Å². The Labute approximate surface area is 425 Å². The number of ether oxygens (including phenoxy) is 8. The molecule has 420 valence electrons. The highest BCUT2D eigenvalue weighted by Crippen LogP contribution is 2.35. The van der Waals surface area contributed by atoms with Crippen molar-refractivity contribution in [2.24, 2.45) is 0 Å². The van der Waals surface area contributed by atoms with E-state index >= 15 is 0 Å². The van der Waals surface area contributed by atoms with Gasteiger partial charge in [-0.2, -0.15) is 0 Å². The number of carbonyl (C=O) groups excluding carboxylic acids is 4. The number of aliphatic hydroxyl groups excluding tert-OH is 12. The number of aliphatic hydroxyl groups is 12. The first kappa shape index (κ1) is 59.5. The maximum absolute atomic E-state index is 14.8. The fraction of sp³-hybridized carbons (Fsp3) is 0.783. The van der Waals surface area contributed by atoms with Crippen LogP contribution in [0.3, 0.4) is 0 Å². The van der Waals surface area contributed by atoms with Crippen LogP contribution in [0, 0.1) is 0 Å². The van der Waals surface area contributed by atoms with Crippen LogP contribution in [0.15, 0.2) is 24.3 Å². The van der Waals surface area contributed by atoms with Crippen molar-refractivity contribution < 1.29 is 118 Å². The number of nitrogens with one attached hydrogen (secondary N) is 2. The molecule has 14 N–H and O–H groups in total. The molecule has 6 bridgehead atoms. The maximum atomic E-state index is 14.8. The van der Waals surface area contributed by atoms with Gasteiger partial charge >= 0.3 is 0 Å². The Kier molecular flexibility index (Phi) is 22.2. The number of anilines is 2. The fourth-order valence-electron chi connectivity index (χ4n) is 8.87. The van der Waals surface area contributed by atoms with Gasteiger partial charge in [0.15, 0.2) is 37.4 Å². The molecule has 7 rings (SSSR count). The van der Waals surface area contributed by atoms with Crippen LogP contribution in [0.25, 0.3) is 0 Å². The lowest BCUT2D eigenvalue weighted by molar-refractivity contribution is -0.356. The van der Waals surface area contributed by atoms with Gasteiger partial charge in [-0.25, -0.2) is 0 Å². The van der Waals surface area contributed by atoms with Gasteiger partial charge in [0.1, 0.15) is 98.5 Å². The molecule has 4 fully saturated rings. The van der Waals surface area contributed by atoms with Crippen molar-refractivity contribution in [2.45, 2.75) is 175 Å². The van der Waals surface area contributed by atoms with E-state index in [0.717, 1.165) is 9.80 Å². The number of amides is 4. The Balaban J connectivity index is 1.39. The first-order valence-electron chi connectivity index (χ1n) is 24.8. The van der Waals surface area contributed by atoms with Gasteiger partial charge in [0.25, 0.3) is 11.8 Å². The average molecular weight is 1070 g/mol. The highest BCUT2D eigenvalue weighted by atomic mass is 16.7. The summed E-state index contributed by atoms with van der Waals surface area (Å²) in [4.78, 5) is 58.5. The molecule has 4 saturated heterocycles. The van der Waals surface area contributed by atoms with E-state index in [1.54, 1.807) is 0 Å². The monoisotopic (exact) mass is 1060 g/mol. The lowest BCUT2D eigenvalue weighted by Gasteiger charge is -2.46. The second-order valence-corrected chi connectivity index (χ2v) is 18.6. The number of rotatable bonds is 16. The first-order valence-corrected chi connectivity index (χ1v) is 24.8. The van der Waals surface area contributed by atoms with E-state index in [2.05, 4.69) is 10.6 Å². The number of benzene rings is 1. The van der Waals surface area contributed by atoms with Crippen molar-refractivity contribution in [2.75, 3.05) is 62.4 Å². The standard InChI is InChI=1S/C46H72N4O24/c1-3-5-13-47-25(53)17-49-21-9-11-22(12-10-21)50(18-26(54)48-14-6-4-2)42(66)40-34(62)38(72-46-32(60)30(58)28(56)24(20-52)70-46)36(64)44(74-40)68-16-8-7-15-67-43-35(63)37(33(61)39(73-43)41(49)65)71-45-31(59)29(57)27(55)23(19-51)69-45/h9-12,23-24,27-40,43-46,51-52,55-64H,3-8,13-20H2,1-2H3,(H,47,53)(H,48,54)/t23-,24-,27-,28-,29+,30+,31+,32+,33+,34+,35-,36-,37+,38+,39+,40+,43+,44+,45-,46-/m1/s1. The number of fused-ring (bicyclic) bond motifs is 9. The summed E-state index contributed by atoms with van der Waals surface area (Å²) < 4.78 is 46.2. The predicted molar refractivity (Wildman–Crippen MR) is 247 cm³/mol. The summed E-state index contributed by atoms with van der Waals surface area (Å²) in [6, 6.07) is 5.11. The lowest BCUT2D eigenvalue weighted by Crippen LogP contribution is -2.66. The van der Waals surface area contributed by atoms with Crippen molar-refractivity contribution in [3.8, 4) is 0 Å². The summed E-state index contributed by atoms with van der Waals surface area (Å²) in [6.07, 6.45) is -35.3. The van der Waals surface area contributed by atoms with Gasteiger partial charge in [-0.1, -0.05) is 26.7 Å². The number of unbranched alkanes of at least 4 members (excludes halogenated alkanes) is 2. The molecule has 0 spiro atoms. The van der Waals surface area contributed by atoms with Crippen LogP contribution in [0.1, 0.15) is 52.4 Å². The number of hydrogen-bond donors (Lipinski definition) is 14. The second-order valence-electron chi connectivity index (χ2n) is 18.6. The van der Waals surface area contributed by atoms with Crippen LogP contribution in [-0.2, 0) is 57.1 Å². The maximum Gasteiger partial charge on any atom is 0.259 e. The van der Waals surface area contributed by atoms with Gasteiger partial charge in [-0.05, 0) is 49.9 Å². The summed E-state index contributed by atoms with van der Waals surface area (Å²) >= 11 is 0. The summed E-state index contributed by atoms with van der Waals surface area (Å²) in [5, 5.41) is 135. The highest BCUT2D eigenvalue weighted by Gasteiger charge is 2.55. The SMILES string of the molecule is CCCCNC(=O)CN1C(=O)[C@H]2O[C@H](OCCCCO[C@H]3O[C@H](C(=O)N(CC(=O)NCCCC)c4ccc1cc4)[C@@H](O)[C@H](O[C@H]1O[C@H](CO)[C@@H](O)[C@H](O)[C@@H]1O)[C@H]3O)[C@H](O)[C@@H](O[C@H]1O[C@H](CO)[C@@H](O)[C@H](O)[C@@H]1O)[C@@H]2O. The largest absolute Gasteiger partial charge is 0.394 e. The van der Waals surface area contributed by atoms with Gasteiger partial charge in [0.05, 0.1) is 13.2 Å². The van der Waals surface area contributed by atoms with E-state index in [-0.39, 0.29) is 50.5 Å². The fourth-order valence-corrected chi connectivity index (χ4v) is 8.87. The summed E-state index contributed by atoms with van der Waals surface area (Å²) in [6.45, 7) is 0.549. The van der Waals surface area contributed by atoms with E-state index in [1.165, 1.54) is 24.3 Å². The van der Waals surface area contributed by atoms with Crippen molar-refractivity contribution in [1.82, 2.24) is 10.6 Å². The molecule has 6 aliphatic rings. The quantitative estimate of drug-likeness (QED) is 0.0684. The minimum absolute atomic E-state index is 0.0529. The first-order chi connectivity index (χ1) is 35.4. The molecule has 0 saturated carbocycles. The smallest absolute Gasteiger partial charge is 0.259 e. The minimum atomic E-state index is -2.13. The Hall–Kier alpha value is -3.70. The third-order valence-corrected chi connectivity index (χ3v) is 13.3. The number of hydrogen-bond acceptors (Lipinski definition) is 24. The third-order valence-electron chi connectivity index (χ3n) is 13.3. The van der Waals surface area contributed by atoms with Crippen LogP contribution >= 0.6 is 0 Å².